The maximum Gasteiger partial charge on any atom is 0.242 e. The zero-order valence-electron chi connectivity index (χ0n) is 10.3. The van der Waals surface area contributed by atoms with Gasteiger partial charge in [-0.2, -0.15) is 5.26 Å². The van der Waals surface area contributed by atoms with Crippen LogP contribution >= 0.6 is 0 Å². The number of nitriles is 1. The third kappa shape index (κ3) is 2.55. The normalized spacial score (nSPS) is 18.4. The van der Waals surface area contributed by atoms with E-state index in [0.717, 1.165) is 25.7 Å². The highest BCUT2D eigenvalue weighted by Gasteiger charge is 2.34. The van der Waals surface area contributed by atoms with Crippen LogP contribution in [-0.2, 0) is 10.0 Å². The molecule has 2 rings (SSSR count). The second-order valence-electron chi connectivity index (χ2n) is 4.98. The Kier molecular flexibility index (Phi) is 3.42. The van der Waals surface area contributed by atoms with Crippen molar-refractivity contribution in [1.29, 1.82) is 5.26 Å². The minimum absolute atomic E-state index is 0.0700. The molecule has 1 fully saturated rings. The summed E-state index contributed by atoms with van der Waals surface area (Å²) in [4.78, 5) is 0.0700. The van der Waals surface area contributed by atoms with Crippen LogP contribution in [0.25, 0.3) is 0 Å². The quantitative estimate of drug-likeness (QED) is 0.909. The maximum absolute atomic E-state index is 12.3. The van der Waals surface area contributed by atoms with Gasteiger partial charge in [-0.1, -0.05) is 25.0 Å². The summed E-state index contributed by atoms with van der Waals surface area (Å²) >= 11 is 0. The number of hydrogen-bond acceptors (Lipinski definition) is 3. The van der Waals surface area contributed by atoms with Crippen LogP contribution in [0.15, 0.2) is 29.2 Å². The molecule has 0 bridgehead atoms. The molecule has 1 saturated carbocycles. The molecule has 1 N–H and O–H groups in total. The molecule has 0 amide bonds. The number of nitrogens with zero attached hydrogens (tertiary/aromatic N) is 1. The Morgan fingerprint density at radius 1 is 1.28 bits per heavy atom. The van der Waals surface area contributed by atoms with E-state index in [1.165, 1.54) is 12.1 Å². The molecule has 0 aromatic heterocycles. The van der Waals surface area contributed by atoms with Gasteiger partial charge in [-0.05, 0) is 31.9 Å². The number of rotatable bonds is 3. The summed E-state index contributed by atoms with van der Waals surface area (Å²) < 4.78 is 27.4. The van der Waals surface area contributed by atoms with E-state index < -0.39 is 10.0 Å². The molecule has 1 aliphatic rings. The molecule has 1 aromatic rings. The Labute approximate surface area is 108 Å². The van der Waals surface area contributed by atoms with Gasteiger partial charge in [-0.15, -0.1) is 0 Å². The van der Waals surface area contributed by atoms with Crippen molar-refractivity contribution in [2.45, 2.75) is 43.0 Å². The van der Waals surface area contributed by atoms with Crippen LogP contribution in [0.5, 0.6) is 0 Å². The maximum atomic E-state index is 12.3. The Morgan fingerprint density at radius 2 is 1.89 bits per heavy atom. The van der Waals surface area contributed by atoms with Gasteiger partial charge < -0.3 is 0 Å². The van der Waals surface area contributed by atoms with Crippen LogP contribution in [-0.4, -0.2) is 14.0 Å². The molecular formula is C13H16N2O2S. The molecule has 18 heavy (non-hydrogen) atoms. The molecule has 0 saturated heterocycles. The van der Waals surface area contributed by atoms with E-state index in [9.17, 15) is 8.42 Å². The van der Waals surface area contributed by atoms with E-state index >= 15 is 0 Å². The fraction of sp³-hybridized carbons (Fsp3) is 0.462. The van der Waals surface area contributed by atoms with Gasteiger partial charge in [0.1, 0.15) is 6.07 Å². The smallest absolute Gasteiger partial charge is 0.207 e. The summed E-state index contributed by atoms with van der Waals surface area (Å²) in [7, 11) is -3.62. The molecular weight excluding hydrogens is 248 g/mol. The Hall–Kier alpha value is -1.38. The lowest BCUT2D eigenvalue weighted by atomic mass is 10.0. The number of nitrogens with one attached hydrogen (secondary N) is 1. The zero-order chi connectivity index (χ0) is 13.2. The monoisotopic (exact) mass is 264 g/mol. The molecule has 5 heteroatoms. The second kappa shape index (κ2) is 4.71. The average Bonchev–Trinajstić information content (AvgIpc) is 2.74. The van der Waals surface area contributed by atoms with Crippen LogP contribution < -0.4 is 4.72 Å². The molecule has 0 unspecified atom stereocenters. The SMILES string of the molecule is CC1(NS(=O)(=O)c2ccccc2C#N)CCCC1. The van der Waals surface area contributed by atoms with Crippen LogP contribution in [0.1, 0.15) is 38.2 Å². The van der Waals surface area contributed by atoms with Crippen LogP contribution in [0.4, 0.5) is 0 Å². The summed E-state index contributed by atoms with van der Waals surface area (Å²) in [5.41, 5.74) is -0.187. The topological polar surface area (TPSA) is 70.0 Å². The number of sulfonamides is 1. The summed E-state index contributed by atoms with van der Waals surface area (Å²) in [6.45, 7) is 1.92. The molecule has 1 aliphatic carbocycles. The highest BCUT2D eigenvalue weighted by Crippen LogP contribution is 2.31. The Morgan fingerprint density at radius 3 is 2.50 bits per heavy atom. The van der Waals surface area contributed by atoms with Gasteiger partial charge in [0, 0.05) is 5.54 Å². The van der Waals surface area contributed by atoms with E-state index in [0.29, 0.717) is 0 Å². The van der Waals surface area contributed by atoms with Crippen LogP contribution in [0.2, 0.25) is 0 Å². The van der Waals surface area contributed by atoms with Gasteiger partial charge in [-0.3, -0.25) is 0 Å². The van der Waals surface area contributed by atoms with Crippen LogP contribution in [0.3, 0.4) is 0 Å². The highest BCUT2D eigenvalue weighted by molar-refractivity contribution is 7.89. The van der Waals surface area contributed by atoms with Crippen molar-refractivity contribution >= 4 is 10.0 Å². The van der Waals surface area contributed by atoms with E-state index in [2.05, 4.69) is 4.72 Å². The molecule has 0 atom stereocenters. The number of hydrogen-bond donors (Lipinski definition) is 1. The Bertz CT molecular complexity index is 581. The predicted molar refractivity (Wildman–Crippen MR) is 68.4 cm³/mol. The summed E-state index contributed by atoms with van der Waals surface area (Å²) in [6, 6.07) is 8.20. The largest absolute Gasteiger partial charge is 0.242 e. The van der Waals surface area contributed by atoms with Crippen molar-refractivity contribution in [2.75, 3.05) is 0 Å². The summed E-state index contributed by atoms with van der Waals surface area (Å²) in [6.07, 6.45) is 3.78. The first kappa shape index (κ1) is 13.1. The lowest BCUT2D eigenvalue weighted by molar-refractivity contribution is 0.427. The van der Waals surface area contributed by atoms with E-state index in [1.54, 1.807) is 12.1 Å². The fourth-order valence-electron chi connectivity index (χ4n) is 2.43. The third-order valence-corrected chi connectivity index (χ3v) is 5.08. The van der Waals surface area contributed by atoms with Gasteiger partial charge in [0.25, 0.3) is 0 Å². The standard InChI is InChI=1S/C13H16N2O2S/c1-13(8-4-5-9-13)15-18(16,17)12-7-3-2-6-11(12)10-14/h2-3,6-7,15H,4-5,8-9H2,1H3. The third-order valence-electron chi connectivity index (χ3n) is 3.38. The first-order chi connectivity index (χ1) is 8.47. The summed E-state index contributed by atoms with van der Waals surface area (Å²) in [5.74, 6) is 0. The molecule has 4 nitrogen and oxygen atoms in total. The van der Waals surface area contributed by atoms with E-state index in [1.807, 2.05) is 13.0 Å². The molecule has 0 heterocycles. The van der Waals surface area contributed by atoms with Crippen LogP contribution in [0, 0.1) is 11.3 Å². The first-order valence-electron chi connectivity index (χ1n) is 6.00. The van der Waals surface area contributed by atoms with Crippen molar-refractivity contribution in [1.82, 2.24) is 4.72 Å². The van der Waals surface area contributed by atoms with Crippen molar-refractivity contribution < 1.29 is 8.42 Å². The van der Waals surface area contributed by atoms with Crippen molar-refractivity contribution in [3.8, 4) is 6.07 Å². The molecule has 0 spiro atoms. The molecule has 96 valence electrons. The van der Waals surface area contributed by atoms with Gasteiger partial charge in [0.05, 0.1) is 10.5 Å². The molecule has 0 aliphatic heterocycles. The van der Waals surface area contributed by atoms with E-state index in [4.69, 9.17) is 5.26 Å². The Balaban J connectivity index is 2.34. The van der Waals surface area contributed by atoms with Crippen molar-refractivity contribution in [2.24, 2.45) is 0 Å². The second-order valence-corrected chi connectivity index (χ2v) is 6.63. The minimum atomic E-state index is -3.62. The zero-order valence-corrected chi connectivity index (χ0v) is 11.1. The summed E-state index contributed by atoms with van der Waals surface area (Å²) in [5, 5.41) is 8.96. The van der Waals surface area contributed by atoms with Gasteiger partial charge >= 0.3 is 0 Å². The molecule has 0 radical (unpaired) electrons. The van der Waals surface area contributed by atoms with Gasteiger partial charge in [0.2, 0.25) is 10.0 Å². The van der Waals surface area contributed by atoms with Gasteiger partial charge in [-0.25, -0.2) is 13.1 Å². The predicted octanol–water partition coefficient (Wildman–Crippen LogP) is 2.17. The van der Waals surface area contributed by atoms with Crippen molar-refractivity contribution in [3.63, 3.8) is 0 Å². The fourth-order valence-corrected chi connectivity index (χ4v) is 4.05. The van der Waals surface area contributed by atoms with E-state index in [-0.39, 0.29) is 16.0 Å². The molecule has 1 aromatic carbocycles. The minimum Gasteiger partial charge on any atom is -0.207 e. The average molecular weight is 264 g/mol. The van der Waals surface area contributed by atoms with Crippen molar-refractivity contribution in [3.05, 3.63) is 29.8 Å². The van der Waals surface area contributed by atoms with Gasteiger partial charge in [0.15, 0.2) is 0 Å². The number of benzene rings is 1. The first-order valence-corrected chi connectivity index (χ1v) is 7.48. The highest BCUT2D eigenvalue weighted by atomic mass is 32.2. The lowest BCUT2D eigenvalue weighted by Crippen LogP contribution is -2.43. The lowest BCUT2D eigenvalue weighted by Gasteiger charge is -2.25.